The molecule has 0 saturated heterocycles. The van der Waals surface area contributed by atoms with Crippen molar-refractivity contribution in [3.8, 4) is 0 Å². The smallest absolute Gasteiger partial charge is 0.219 e. The molecule has 0 saturated carbocycles. The van der Waals surface area contributed by atoms with Crippen LogP contribution >= 0.6 is 11.8 Å². The summed E-state index contributed by atoms with van der Waals surface area (Å²) in [5.41, 5.74) is 0.687. The molecule has 0 rings (SSSR count). The van der Waals surface area contributed by atoms with E-state index in [9.17, 15) is 4.79 Å². The summed E-state index contributed by atoms with van der Waals surface area (Å²) in [6.07, 6.45) is 14.8. The van der Waals surface area contributed by atoms with Gasteiger partial charge in [-0.15, -0.1) is 0 Å². The summed E-state index contributed by atoms with van der Waals surface area (Å²) in [5.74, 6) is 1.67. The van der Waals surface area contributed by atoms with Gasteiger partial charge in [0, 0.05) is 11.3 Å². The van der Waals surface area contributed by atoms with Crippen molar-refractivity contribution in [1.29, 1.82) is 0 Å². The molecule has 0 atom stereocenters. The molecule has 0 N–H and O–H groups in total. The monoisotopic (exact) mass is 292 g/mol. The number of allylic oxidation sites excluding steroid dienone is 5. The second-order valence-electron chi connectivity index (χ2n) is 4.82. The van der Waals surface area contributed by atoms with Crippen LogP contribution in [0.1, 0.15) is 46.0 Å². The molecule has 0 aliphatic carbocycles. The molecule has 0 aromatic carbocycles. The van der Waals surface area contributed by atoms with Crippen LogP contribution in [0.2, 0.25) is 0 Å². The zero-order chi connectivity index (χ0) is 15.2. The highest BCUT2D eigenvalue weighted by atomic mass is 32.2. The minimum Gasteiger partial charge on any atom is -0.282 e. The molecule has 0 aromatic rings. The molecule has 0 amide bonds. The van der Waals surface area contributed by atoms with Crippen LogP contribution in [-0.2, 0) is 4.79 Å². The van der Waals surface area contributed by atoms with Gasteiger partial charge in [-0.2, -0.15) is 0 Å². The molecular formula is C18H28OS. The topological polar surface area (TPSA) is 17.1 Å². The molecule has 1 nitrogen and oxygen atoms in total. The SMILES string of the molecule is C=C/C=C\C(=C/C=C)C(=O)SCCC(CCC)CCC. The lowest BCUT2D eigenvalue weighted by Gasteiger charge is -2.14. The maximum atomic E-state index is 12.1. The highest BCUT2D eigenvalue weighted by Crippen LogP contribution is 2.22. The average molecular weight is 292 g/mol. The Bertz CT molecular complexity index is 346. The number of thioether (sulfide) groups is 1. The summed E-state index contributed by atoms with van der Waals surface area (Å²) < 4.78 is 0. The van der Waals surface area contributed by atoms with Crippen molar-refractivity contribution in [2.24, 2.45) is 5.92 Å². The fourth-order valence-corrected chi connectivity index (χ4v) is 3.08. The Kier molecular flexibility index (Phi) is 12.3. The molecule has 2 heteroatoms. The Morgan fingerprint density at radius 2 is 1.75 bits per heavy atom. The zero-order valence-electron chi connectivity index (χ0n) is 12.9. The molecule has 0 fully saturated rings. The second kappa shape index (κ2) is 13.0. The van der Waals surface area contributed by atoms with Gasteiger partial charge < -0.3 is 0 Å². The predicted octanol–water partition coefficient (Wildman–Crippen LogP) is 5.71. The van der Waals surface area contributed by atoms with E-state index in [0.717, 1.165) is 18.1 Å². The molecule has 0 spiro atoms. The summed E-state index contributed by atoms with van der Waals surface area (Å²) in [5, 5.41) is 0.120. The number of carbonyl (C=O) groups excluding carboxylic acids is 1. The zero-order valence-corrected chi connectivity index (χ0v) is 13.8. The molecule has 0 radical (unpaired) electrons. The quantitative estimate of drug-likeness (QED) is 0.358. The lowest BCUT2D eigenvalue weighted by molar-refractivity contribution is -0.107. The van der Waals surface area contributed by atoms with Crippen molar-refractivity contribution in [2.45, 2.75) is 46.0 Å². The first kappa shape index (κ1) is 19.0. The Morgan fingerprint density at radius 1 is 1.10 bits per heavy atom. The summed E-state index contributed by atoms with van der Waals surface area (Å²) in [7, 11) is 0. The van der Waals surface area contributed by atoms with Crippen LogP contribution in [0.25, 0.3) is 0 Å². The minimum atomic E-state index is 0.120. The lowest BCUT2D eigenvalue weighted by atomic mass is 9.96. The van der Waals surface area contributed by atoms with Gasteiger partial charge in [-0.1, -0.05) is 94.8 Å². The van der Waals surface area contributed by atoms with Crippen LogP contribution in [0, 0.1) is 5.92 Å². The Morgan fingerprint density at radius 3 is 2.25 bits per heavy atom. The van der Waals surface area contributed by atoms with E-state index in [0.29, 0.717) is 5.57 Å². The third-order valence-corrected chi connectivity index (χ3v) is 4.04. The normalized spacial score (nSPS) is 12.1. The van der Waals surface area contributed by atoms with E-state index < -0.39 is 0 Å². The molecule has 0 aliphatic heterocycles. The summed E-state index contributed by atoms with van der Waals surface area (Å²) in [6.45, 7) is 11.7. The van der Waals surface area contributed by atoms with Crippen molar-refractivity contribution in [3.05, 3.63) is 49.1 Å². The standard InChI is InChI=1S/C18H28OS/c1-5-9-13-17(12-8-4)18(19)20-15-14-16(10-6-2)11-7-3/h5,8-9,12-13,16H,1,4,6-7,10-11,14-15H2,2-3H3/b13-9-,17-12+. The number of hydrogen-bond acceptors (Lipinski definition) is 2. The lowest BCUT2D eigenvalue weighted by Crippen LogP contribution is -2.03. The van der Waals surface area contributed by atoms with Gasteiger partial charge in [0.1, 0.15) is 0 Å². The van der Waals surface area contributed by atoms with E-state index in [2.05, 4.69) is 27.0 Å². The maximum Gasteiger partial charge on any atom is 0.219 e. The van der Waals surface area contributed by atoms with Crippen molar-refractivity contribution < 1.29 is 4.79 Å². The first-order chi connectivity index (χ1) is 9.69. The molecule has 0 heterocycles. The highest BCUT2D eigenvalue weighted by Gasteiger charge is 2.10. The Labute approximate surface area is 128 Å². The van der Waals surface area contributed by atoms with Gasteiger partial charge in [-0.3, -0.25) is 4.79 Å². The Hall–Kier alpha value is -1.02. The van der Waals surface area contributed by atoms with Gasteiger partial charge in [0.2, 0.25) is 5.12 Å². The largest absolute Gasteiger partial charge is 0.282 e. The third-order valence-electron chi connectivity index (χ3n) is 3.10. The van der Waals surface area contributed by atoms with Crippen molar-refractivity contribution in [1.82, 2.24) is 0 Å². The van der Waals surface area contributed by atoms with E-state index in [1.54, 1.807) is 30.4 Å². The van der Waals surface area contributed by atoms with Crippen LogP contribution in [0.4, 0.5) is 0 Å². The molecule has 0 aromatic heterocycles. The minimum absolute atomic E-state index is 0.120. The van der Waals surface area contributed by atoms with Crippen molar-refractivity contribution in [2.75, 3.05) is 5.75 Å². The third kappa shape index (κ3) is 8.98. The summed E-state index contributed by atoms with van der Waals surface area (Å²) >= 11 is 1.41. The van der Waals surface area contributed by atoms with Crippen LogP contribution in [0.3, 0.4) is 0 Å². The molecule has 112 valence electrons. The van der Waals surface area contributed by atoms with Crippen LogP contribution in [-0.4, -0.2) is 10.9 Å². The van der Waals surface area contributed by atoms with E-state index >= 15 is 0 Å². The van der Waals surface area contributed by atoms with Crippen LogP contribution in [0.15, 0.2) is 49.1 Å². The first-order valence-electron chi connectivity index (χ1n) is 7.48. The molecule has 20 heavy (non-hydrogen) atoms. The number of carbonyl (C=O) groups is 1. The summed E-state index contributed by atoms with van der Waals surface area (Å²) in [6, 6.07) is 0. The van der Waals surface area contributed by atoms with E-state index in [1.165, 1.54) is 37.4 Å². The number of rotatable bonds is 11. The fourth-order valence-electron chi connectivity index (χ4n) is 2.14. The van der Waals surface area contributed by atoms with Gasteiger partial charge in [0.15, 0.2) is 0 Å². The van der Waals surface area contributed by atoms with Gasteiger partial charge >= 0.3 is 0 Å². The van der Waals surface area contributed by atoms with Crippen molar-refractivity contribution >= 4 is 16.9 Å². The second-order valence-corrected chi connectivity index (χ2v) is 5.89. The first-order valence-corrected chi connectivity index (χ1v) is 8.47. The van der Waals surface area contributed by atoms with Gasteiger partial charge in [-0.25, -0.2) is 0 Å². The molecule has 0 aliphatic rings. The number of hydrogen-bond donors (Lipinski definition) is 0. The van der Waals surface area contributed by atoms with E-state index in [-0.39, 0.29) is 5.12 Å². The molecule has 0 unspecified atom stereocenters. The predicted molar refractivity (Wildman–Crippen MR) is 93.0 cm³/mol. The molecule has 0 bridgehead atoms. The van der Waals surface area contributed by atoms with Crippen LogP contribution in [0.5, 0.6) is 0 Å². The van der Waals surface area contributed by atoms with Gasteiger partial charge in [0.05, 0.1) is 0 Å². The Balaban J connectivity index is 4.30. The van der Waals surface area contributed by atoms with E-state index in [1.807, 2.05) is 0 Å². The van der Waals surface area contributed by atoms with Crippen LogP contribution < -0.4 is 0 Å². The maximum absolute atomic E-state index is 12.1. The highest BCUT2D eigenvalue weighted by molar-refractivity contribution is 8.14. The van der Waals surface area contributed by atoms with Gasteiger partial charge in [-0.05, 0) is 12.3 Å². The van der Waals surface area contributed by atoms with Gasteiger partial charge in [0.25, 0.3) is 0 Å². The fraction of sp³-hybridized carbons (Fsp3) is 0.500. The van der Waals surface area contributed by atoms with Crippen molar-refractivity contribution in [3.63, 3.8) is 0 Å². The van der Waals surface area contributed by atoms with E-state index in [4.69, 9.17) is 0 Å². The molecular weight excluding hydrogens is 264 g/mol. The summed E-state index contributed by atoms with van der Waals surface area (Å²) in [4.78, 5) is 12.1. The average Bonchev–Trinajstić information content (AvgIpc) is 2.43.